The van der Waals surface area contributed by atoms with Crippen LogP contribution in [-0.4, -0.2) is 52.9 Å². The summed E-state index contributed by atoms with van der Waals surface area (Å²) in [7, 11) is 0. The Morgan fingerprint density at radius 2 is 1.91 bits per heavy atom. The maximum absolute atomic E-state index is 11.6. The molecule has 33 heavy (non-hydrogen) atoms. The molecule has 0 saturated carbocycles. The minimum atomic E-state index is -0.841. The molecule has 2 aromatic rings. The van der Waals surface area contributed by atoms with Gasteiger partial charge in [-0.15, -0.1) is 0 Å². The number of fused-ring (bicyclic) bond motifs is 1. The van der Waals surface area contributed by atoms with E-state index >= 15 is 0 Å². The van der Waals surface area contributed by atoms with Crippen molar-refractivity contribution in [2.75, 3.05) is 26.2 Å². The summed E-state index contributed by atoms with van der Waals surface area (Å²) in [4.78, 5) is 13.1. The molecular weight excluding hydrogens is 491 g/mol. The van der Waals surface area contributed by atoms with Crippen molar-refractivity contribution in [2.24, 2.45) is 0 Å². The third kappa shape index (κ3) is 4.88. The van der Waals surface area contributed by atoms with Crippen LogP contribution in [0.4, 0.5) is 5.69 Å². The molecule has 2 aromatic carbocycles. The van der Waals surface area contributed by atoms with Crippen LogP contribution < -0.4 is 9.47 Å². The van der Waals surface area contributed by atoms with Gasteiger partial charge in [0.2, 0.25) is 5.75 Å². The number of aliphatic hydroxyl groups is 1. The molecule has 1 N–H and O–H groups in total. The summed E-state index contributed by atoms with van der Waals surface area (Å²) in [5.41, 5.74) is 1.42. The highest BCUT2D eigenvalue weighted by Gasteiger charge is 2.42. The van der Waals surface area contributed by atoms with Gasteiger partial charge in [-0.1, -0.05) is 34.8 Å². The van der Waals surface area contributed by atoms with Crippen LogP contribution >= 0.6 is 34.8 Å². The lowest BCUT2D eigenvalue weighted by Crippen LogP contribution is -2.49. The number of aliphatic hydroxyl groups excluding tert-OH is 1. The summed E-state index contributed by atoms with van der Waals surface area (Å²) in [5.74, 6) is 0.835. The van der Waals surface area contributed by atoms with Gasteiger partial charge in [0, 0.05) is 49.5 Å². The van der Waals surface area contributed by atoms with Crippen molar-refractivity contribution >= 4 is 40.5 Å². The monoisotopic (exact) mass is 514 g/mol. The number of nitro benzene ring substituents is 1. The van der Waals surface area contributed by atoms with E-state index in [-0.39, 0.29) is 39.3 Å². The zero-order valence-electron chi connectivity index (χ0n) is 18.4. The average Bonchev–Trinajstić information content (AvgIpc) is 3.12. The number of hydrogen-bond donors (Lipinski definition) is 1. The van der Waals surface area contributed by atoms with Crippen LogP contribution in [0.1, 0.15) is 29.5 Å². The number of likely N-dealkylation sites (tertiary alicyclic amines) is 1. The molecule has 2 aliphatic rings. The van der Waals surface area contributed by atoms with Crippen LogP contribution in [0.3, 0.4) is 0 Å². The Morgan fingerprint density at radius 3 is 2.58 bits per heavy atom. The average molecular weight is 516 g/mol. The molecule has 1 fully saturated rings. The number of hydrogen-bond acceptors (Lipinski definition) is 6. The fourth-order valence-corrected chi connectivity index (χ4v) is 5.30. The highest BCUT2D eigenvalue weighted by atomic mass is 35.5. The molecule has 1 spiro atoms. The molecule has 4 rings (SSSR count). The largest absolute Gasteiger partial charge is 0.487 e. The zero-order valence-corrected chi connectivity index (χ0v) is 20.6. The van der Waals surface area contributed by atoms with Gasteiger partial charge in [-0.3, -0.25) is 10.1 Å². The summed E-state index contributed by atoms with van der Waals surface area (Å²) < 4.78 is 11.9. The lowest BCUT2D eigenvalue weighted by atomic mass is 9.87. The molecule has 0 amide bonds. The van der Waals surface area contributed by atoms with Crippen molar-refractivity contribution in [3.8, 4) is 11.5 Å². The molecule has 1 atom stereocenters. The highest BCUT2D eigenvalue weighted by molar-refractivity contribution is 6.38. The first-order valence-corrected chi connectivity index (χ1v) is 11.9. The number of rotatable bonds is 6. The van der Waals surface area contributed by atoms with E-state index in [2.05, 4.69) is 4.90 Å². The molecule has 2 heterocycles. The fourth-order valence-electron chi connectivity index (χ4n) is 4.63. The number of β-amino-alcohol motifs (C(OH)–C–C–N with tert-alkyl or cyclic N) is 1. The molecule has 0 aliphatic carbocycles. The number of nitro groups is 1. The molecule has 0 aromatic heterocycles. The van der Waals surface area contributed by atoms with Gasteiger partial charge in [-0.05, 0) is 43.2 Å². The Hall–Kier alpha value is -1.77. The molecule has 10 heteroatoms. The standard InChI is InChI=1S/C23H25Cl3N2O5/c1-13-19(25)14(2)21(28(30)31)22(20(13)26)32-12-17(29)11-27-7-5-23(6-8-27)10-15-9-16(24)3-4-18(15)33-23/h3-4,9,17,29H,5-8,10-12H2,1-2H3/t17-/m0/s1. The third-order valence-electron chi connectivity index (χ3n) is 6.46. The second kappa shape index (κ2) is 9.47. The van der Waals surface area contributed by atoms with Gasteiger partial charge in [0.25, 0.3) is 0 Å². The van der Waals surface area contributed by atoms with Gasteiger partial charge in [0.05, 0.1) is 15.0 Å². The quantitative estimate of drug-likeness (QED) is 0.411. The van der Waals surface area contributed by atoms with Crippen molar-refractivity contribution in [2.45, 2.75) is 44.8 Å². The topological polar surface area (TPSA) is 85.1 Å². The molecule has 0 radical (unpaired) electrons. The van der Waals surface area contributed by atoms with Crippen LogP contribution in [0.25, 0.3) is 0 Å². The van der Waals surface area contributed by atoms with E-state index in [1.165, 1.54) is 0 Å². The summed E-state index contributed by atoms with van der Waals surface area (Å²) in [6, 6.07) is 5.72. The Labute approximate surface area is 207 Å². The predicted molar refractivity (Wildman–Crippen MR) is 128 cm³/mol. The van der Waals surface area contributed by atoms with Crippen molar-refractivity contribution in [3.63, 3.8) is 0 Å². The van der Waals surface area contributed by atoms with Crippen LogP contribution in [0, 0.1) is 24.0 Å². The van der Waals surface area contributed by atoms with Crippen LogP contribution in [0.5, 0.6) is 11.5 Å². The summed E-state index contributed by atoms with van der Waals surface area (Å²) >= 11 is 18.6. The van der Waals surface area contributed by atoms with Gasteiger partial charge in [-0.25, -0.2) is 0 Å². The fraction of sp³-hybridized carbons (Fsp3) is 0.478. The normalized spacial score (nSPS) is 18.1. The second-order valence-electron chi connectivity index (χ2n) is 8.79. The number of halogens is 3. The van der Waals surface area contributed by atoms with E-state index in [0.717, 1.165) is 43.7 Å². The number of piperidine rings is 1. The van der Waals surface area contributed by atoms with Crippen molar-refractivity contribution in [1.29, 1.82) is 0 Å². The summed E-state index contributed by atoms with van der Waals surface area (Å²) in [6.45, 7) is 5.01. The molecular formula is C23H25Cl3N2O5. The lowest BCUT2D eigenvalue weighted by Gasteiger charge is -2.39. The molecule has 2 aliphatic heterocycles. The van der Waals surface area contributed by atoms with Crippen LogP contribution in [-0.2, 0) is 6.42 Å². The lowest BCUT2D eigenvalue weighted by molar-refractivity contribution is -0.386. The van der Waals surface area contributed by atoms with E-state index in [4.69, 9.17) is 44.3 Å². The van der Waals surface area contributed by atoms with E-state index in [1.807, 2.05) is 18.2 Å². The SMILES string of the molecule is Cc1c(Cl)c(C)c([N+](=O)[O-])c(OC[C@@H](O)CN2CCC3(CC2)Cc2cc(Cl)ccc2O3)c1Cl. The van der Waals surface area contributed by atoms with Crippen molar-refractivity contribution < 1.29 is 19.5 Å². The second-order valence-corrected chi connectivity index (χ2v) is 9.98. The minimum absolute atomic E-state index is 0.0616. The van der Waals surface area contributed by atoms with Gasteiger partial charge in [0.15, 0.2) is 0 Å². The van der Waals surface area contributed by atoms with Gasteiger partial charge in [0.1, 0.15) is 24.1 Å². The number of nitrogens with zero attached hydrogens (tertiary/aromatic N) is 2. The number of ether oxygens (including phenoxy) is 2. The van der Waals surface area contributed by atoms with Crippen LogP contribution in [0.2, 0.25) is 15.1 Å². The van der Waals surface area contributed by atoms with E-state index in [1.54, 1.807) is 13.8 Å². The maximum atomic E-state index is 11.6. The Morgan fingerprint density at radius 1 is 1.21 bits per heavy atom. The third-order valence-corrected chi connectivity index (χ3v) is 7.71. The van der Waals surface area contributed by atoms with E-state index < -0.39 is 11.0 Å². The highest BCUT2D eigenvalue weighted by Crippen LogP contribution is 2.45. The maximum Gasteiger partial charge on any atom is 0.316 e. The molecule has 7 nitrogen and oxygen atoms in total. The summed E-state index contributed by atoms with van der Waals surface area (Å²) in [6.07, 6.45) is 1.66. The van der Waals surface area contributed by atoms with E-state index in [9.17, 15) is 15.2 Å². The Balaban J connectivity index is 1.34. The zero-order chi connectivity index (χ0) is 23.9. The molecule has 0 bridgehead atoms. The summed E-state index contributed by atoms with van der Waals surface area (Å²) in [5, 5.41) is 23.1. The first kappa shape index (κ1) is 24.4. The smallest absolute Gasteiger partial charge is 0.316 e. The van der Waals surface area contributed by atoms with Crippen molar-refractivity contribution in [3.05, 3.63) is 60.1 Å². The first-order chi connectivity index (χ1) is 15.6. The number of benzene rings is 2. The van der Waals surface area contributed by atoms with E-state index in [0.29, 0.717) is 17.1 Å². The van der Waals surface area contributed by atoms with Crippen molar-refractivity contribution in [1.82, 2.24) is 4.90 Å². The molecule has 0 unspecified atom stereocenters. The van der Waals surface area contributed by atoms with Gasteiger partial charge >= 0.3 is 5.69 Å². The van der Waals surface area contributed by atoms with Gasteiger partial charge in [-0.2, -0.15) is 0 Å². The first-order valence-electron chi connectivity index (χ1n) is 10.7. The minimum Gasteiger partial charge on any atom is -0.487 e. The Kier molecular flexibility index (Phi) is 6.99. The Bertz CT molecular complexity index is 1090. The van der Waals surface area contributed by atoms with Gasteiger partial charge < -0.3 is 19.5 Å². The molecule has 178 valence electrons. The van der Waals surface area contributed by atoms with Crippen LogP contribution in [0.15, 0.2) is 18.2 Å². The molecule has 1 saturated heterocycles. The predicted octanol–water partition coefficient (Wildman–Crippen LogP) is 5.38.